The molecule has 1 aromatic carbocycles. The first-order valence-electron chi connectivity index (χ1n) is 6.64. The standard InChI is InChI=1S/C15H21N3O/c1-3-14-8-15(18(2)17-14)10-16-9-12-4-6-13(11-19)7-5-12/h4-8,16,19H,3,9-11H2,1-2H3. The summed E-state index contributed by atoms with van der Waals surface area (Å²) >= 11 is 0. The van der Waals surface area contributed by atoms with Gasteiger partial charge in [0, 0.05) is 20.1 Å². The normalized spacial score (nSPS) is 10.9. The molecule has 2 N–H and O–H groups in total. The zero-order valence-corrected chi connectivity index (χ0v) is 11.6. The molecule has 0 atom stereocenters. The largest absolute Gasteiger partial charge is 0.392 e. The van der Waals surface area contributed by atoms with Gasteiger partial charge in [-0.25, -0.2) is 0 Å². The molecule has 1 aromatic heterocycles. The molecule has 0 amide bonds. The lowest BCUT2D eigenvalue weighted by atomic mass is 10.1. The van der Waals surface area contributed by atoms with E-state index in [9.17, 15) is 0 Å². The summed E-state index contributed by atoms with van der Waals surface area (Å²) in [6.07, 6.45) is 0.969. The quantitative estimate of drug-likeness (QED) is 0.831. The molecule has 0 saturated carbocycles. The van der Waals surface area contributed by atoms with Crippen LogP contribution in [0.25, 0.3) is 0 Å². The predicted octanol–water partition coefficient (Wildman–Crippen LogP) is 1.76. The number of aryl methyl sites for hydroxylation is 2. The predicted molar refractivity (Wildman–Crippen MR) is 75.5 cm³/mol. The van der Waals surface area contributed by atoms with Gasteiger partial charge in [0.15, 0.2) is 0 Å². The van der Waals surface area contributed by atoms with Gasteiger partial charge >= 0.3 is 0 Å². The van der Waals surface area contributed by atoms with Crippen LogP contribution < -0.4 is 5.32 Å². The van der Waals surface area contributed by atoms with Crippen molar-refractivity contribution < 1.29 is 5.11 Å². The number of aliphatic hydroxyl groups is 1. The molecule has 0 saturated heterocycles. The molecule has 1 heterocycles. The van der Waals surface area contributed by atoms with Gasteiger partial charge in [-0.05, 0) is 23.6 Å². The maximum atomic E-state index is 8.98. The van der Waals surface area contributed by atoms with Gasteiger partial charge in [-0.1, -0.05) is 31.2 Å². The SMILES string of the molecule is CCc1cc(CNCc2ccc(CO)cc2)n(C)n1. The van der Waals surface area contributed by atoms with Crippen molar-refractivity contribution in [3.63, 3.8) is 0 Å². The fourth-order valence-corrected chi connectivity index (χ4v) is 2.01. The molecule has 4 nitrogen and oxygen atoms in total. The third-order valence-electron chi connectivity index (χ3n) is 3.23. The van der Waals surface area contributed by atoms with E-state index < -0.39 is 0 Å². The van der Waals surface area contributed by atoms with Crippen LogP contribution in [0.4, 0.5) is 0 Å². The fourth-order valence-electron chi connectivity index (χ4n) is 2.01. The van der Waals surface area contributed by atoms with Crippen molar-refractivity contribution >= 4 is 0 Å². The van der Waals surface area contributed by atoms with Crippen LogP contribution in [0, 0.1) is 0 Å². The number of nitrogens with zero attached hydrogens (tertiary/aromatic N) is 2. The Morgan fingerprint density at radius 1 is 1.16 bits per heavy atom. The van der Waals surface area contributed by atoms with E-state index >= 15 is 0 Å². The Morgan fingerprint density at radius 2 is 1.84 bits per heavy atom. The van der Waals surface area contributed by atoms with Gasteiger partial charge in [0.2, 0.25) is 0 Å². The highest BCUT2D eigenvalue weighted by Gasteiger charge is 2.03. The summed E-state index contributed by atoms with van der Waals surface area (Å²) in [5, 5.41) is 16.8. The number of aromatic nitrogens is 2. The van der Waals surface area contributed by atoms with E-state index in [1.54, 1.807) is 0 Å². The maximum Gasteiger partial charge on any atom is 0.0681 e. The minimum absolute atomic E-state index is 0.0997. The van der Waals surface area contributed by atoms with E-state index in [0.717, 1.165) is 30.8 Å². The van der Waals surface area contributed by atoms with Crippen molar-refractivity contribution in [3.8, 4) is 0 Å². The van der Waals surface area contributed by atoms with Crippen molar-refractivity contribution in [1.82, 2.24) is 15.1 Å². The third-order valence-corrected chi connectivity index (χ3v) is 3.23. The van der Waals surface area contributed by atoms with E-state index in [4.69, 9.17) is 5.11 Å². The molecule has 2 rings (SSSR count). The van der Waals surface area contributed by atoms with E-state index in [1.807, 2.05) is 36.0 Å². The second kappa shape index (κ2) is 6.50. The lowest BCUT2D eigenvalue weighted by Gasteiger charge is -2.06. The van der Waals surface area contributed by atoms with Crippen LogP contribution in [0.5, 0.6) is 0 Å². The average molecular weight is 259 g/mol. The molecular formula is C15H21N3O. The Labute approximate surface area is 114 Å². The smallest absolute Gasteiger partial charge is 0.0681 e. The highest BCUT2D eigenvalue weighted by Crippen LogP contribution is 2.06. The zero-order chi connectivity index (χ0) is 13.7. The van der Waals surface area contributed by atoms with Crippen LogP contribution in [0.15, 0.2) is 30.3 Å². The van der Waals surface area contributed by atoms with E-state index in [2.05, 4.69) is 23.4 Å². The lowest BCUT2D eigenvalue weighted by Crippen LogP contribution is -2.15. The molecule has 0 aliphatic carbocycles. The Bertz CT molecular complexity index is 517. The molecule has 0 aliphatic heterocycles. The summed E-state index contributed by atoms with van der Waals surface area (Å²) < 4.78 is 1.93. The van der Waals surface area contributed by atoms with Crippen LogP contribution in [0.3, 0.4) is 0 Å². The summed E-state index contributed by atoms with van der Waals surface area (Å²) in [5.74, 6) is 0. The zero-order valence-electron chi connectivity index (χ0n) is 11.6. The van der Waals surface area contributed by atoms with Crippen molar-refractivity contribution in [1.29, 1.82) is 0 Å². The first-order chi connectivity index (χ1) is 9.22. The van der Waals surface area contributed by atoms with E-state index in [-0.39, 0.29) is 6.61 Å². The van der Waals surface area contributed by atoms with Gasteiger partial charge in [-0.2, -0.15) is 5.10 Å². The number of nitrogens with one attached hydrogen (secondary N) is 1. The summed E-state index contributed by atoms with van der Waals surface area (Å²) in [6, 6.07) is 10.1. The molecule has 0 fully saturated rings. The molecule has 0 radical (unpaired) electrons. The topological polar surface area (TPSA) is 50.1 Å². The molecule has 0 aliphatic rings. The Kier molecular flexibility index (Phi) is 4.71. The summed E-state index contributed by atoms with van der Waals surface area (Å²) in [6.45, 7) is 3.84. The van der Waals surface area contributed by atoms with Crippen molar-refractivity contribution in [2.24, 2.45) is 7.05 Å². The van der Waals surface area contributed by atoms with Crippen molar-refractivity contribution in [2.45, 2.75) is 33.0 Å². The summed E-state index contributed by atoms with van der Waals surface area (Å²) in [5.41, 5.74) is 4.49. The van der Waals surface area contributed by atoms with Gasteiger partial charge in [-0.15, -0.1) is 0 Å². The first-order valence-corrected chi connectivity index (χ1v) is 6.64. The van der Waals surface area contributed by atoms with Crippen molar-refractivity contribution in [3.05, 3.63) is 52.8 Å². The molecule has 102 valence electrons. The molecule has 0 spiro atoms. The minimum atomic E-state index is 0.0997. The Hall–Kier alpha value is -1.65. The van der Waals surface area contributed by atoms with Gasteiger partial charge in [0.05, 0.1) is 18.0 Å². The van der Waals surface area contributed by atoms with Gasteiger partial charge < -0.3 is 10.4 Å². The van der Waals surface area contributed by atoms with Crippen LogP contribution in [-0.4, -0.2) is 14.9 Å². The van der Waals surface area contributed by atoms with Gasteiger partial charge in [-0.3, -0.25) is 4.68 Å². The number of hydrogen-bond donors (Lipinski definition) is 2. The Balaban J connectivity index is 1.86. The van der Waals surface area contributed by atoms with Gasteiger partial charge in [0.25, 0.3) is 0 Å². The number of aliphatic hydroxyl groups excluding tert-OH is 1. The molecule has 0 unspecified atom stereocenters. The van der Waals surface area contributed by atoms with E-state index in [0.29, 0.717) is 0 Å². The number of rotatable bonds is 6. The molecule has 0 bridgehead atoms. The second-order valence-electron chi connectivity index (χ2n) is 4.68. The van der Waals surface area contributed by atoms with Crippen LogP contribution in [-0.2, 0) is 33.2 Å². The molecule has 2 aromatic rings. The highest BCUT2D eigenvalue weighted by atomic mass is 16.3. The fraction of sp³-hybridized carbons (Fsp3) is 0.400. The minimum Gasteiger partial charge on any atom is -0.392 e. The Morgan fingerprint density at radius 3 is 2.42 bits per heavy atom. The summed E-state index contributed by atoms with van der Waals surface area (Å²) in [4.78, 5) is 0. The average Bonchev–Trinajstić information content (AvgIpc) is 2.80. The van der Waals surface area contributed by atoms with Gasteiger partial charge in [0.1, 0.15) is 0 Å². The number of benzene rings is 1. The maximum absolute atomic E-state index is 8.98. The molecule has 19 heavy (non-hydrogen) atoms. The second-order valence-corrected chi connectivity index (χ2v) is 4.68. The van der Waals surface area contributed by atoms with Crippen LogP contribution >= 0.6 is 0 Å². The van der Waals surface area contributed by atoms with E-state index in [1.165, 1.54) is 11.3 Å². The number of hydrogen-bond acceptors (Lipinski definition) is 3. The molecular weight excluding hydrogens is 238 g/mol. The van der Waals surface area contributed by atoms with Crippen molar-refractivity contribution in [2.75, 3.05) is 0 Å². The van der Waals surface area contributed by atoms with Crippen LogP contribution in [0.2, 0.25) is 0 Å². The first kappa shape index (κ1) is 13.8. The monoisotopic (exact) mass is 259 g/mol. The van der Waals surface area contributed by atoms with Crippen LogP contribution in [0.1, 0.15) is 29.4 Å². The third kappa shape index (κ3) is 3.66. The lowest BCUT2D eigenvalue weighted by molar-refractivity contribution is 0.282. The highest BCUT2D eigenvalue weighted by molar-refractivity contribution is 5.22. The summed E-state index contributed by atoms with van der Waals surface area (Å²) in [7, 11) is 1.98. The molecule has 4 heteroatoms.